The van der Waals surface area contributed by atoms with Gasteiger partial charge in [0, 0.05) is 6.07 Å². The summed E-state index contributed by atoms with van der Waals surface area (Å²) in [6.07, 6.45) is 0. The van der Waals surface area contributed by atoms with Gasteiger partial charge < -0.3 is 15.0 Å². The van der Waals surface area contributed by atoms with Crippen molar-refractivity contribution >= 4 is 5.88 Å². The molecular weight excluding hydrogens is 278 g/mol. The van der Waals surface area contributed by atoms with Gasteiger partial charge in [0.25, 0.3) is 11.4 Å². The third kappa shape index (κ3) is 2.53. The molecule has 0 radical (unpaired) electrons. The van der Waals surface area contributed by atoms with Gasteiger partial charge in [-0.05, 0) is 36.7 Å². The van der Waals surface area contributed by atoms with Crippen molar-refractivity contribution in [3.05, 3.63) is 59.8 Å². The number of rotatable bonds is 4. The first-order valence-corrected chi connectivity index (χ1v) is 7.13. The Morgan fingerprint density at radius 1 is 1.14 bits per heavy atom. The predicted molar refractivity (Wildman–Crippen MR) is 83.4 cm³/mol. The average molecular weight is 295 g/mol. The Kier molecular flexibility index (Phi) is 3.78. The minimum Gasteiger partial charge on any atom is -0.660 e. The molecule has 0 saturated carbocycles. The van der Waals surface area contributed by atoms with Crippen LogP contribution in [0.2, 0.25) is 0 Å². The monoisotopic (exact) mass is 295 g/mol. The molecule has 2 aromatic carbocycles. The maximum atomic E-state index is 8.01. The van der Waals surface area contributed by atoms with Gasteiger partial charge in [-0.1, -0.05) is 29.8 Å². The zero-order valence-electron chi connectivity index (χ0n) is 12.5. The summed E-state index contributed by atoms with van der Waals surface area (Å²) in [7, 11) is 0. The topological polar surface area (TPSA) is 62.9 Å². The van der Waals surface area contributed by atoms with Gasteiger partial charge in [0.1, 0.15) is 5.88 Å². The van der Waals surface area contributed by atoms with Gasteiger partial charge in [-0.2, -0.15) is 0 Å². The van der Waals surface area contributed by atoms with E-state index in [1.807, 2.05) is 62.4 Å². The van der Waals surface area contributed by atoms with Crippen LogP contribution in [0.3, 0.4) is 0 Å². The number of aryl methyl sites for hydroxylation is 1. The van der Waals surface area contributed by atoms with Crippen molar-refractivity contribution in [3.8, 4) is 22.7 Å². The van der Waals surface area contributed by atoms with Crippen molar-refractivity contribution in [3.63, 3.8) is 0 Å². The number of nitrogens with one attached hydrogen (secondary N) is 1. The molecule has 0 saturated heterocycles. The lowest BCUT2D eigenvalue weighted by atomic mass is 10.1. The minimum absolute atomic E-state index is 0.0233. The molecule has 22 heavy (non-hydrogen) atoms. The van der Waals surface area contributed by atoms with Crippen molar-refractivity contribution in [1.29, 1.82) is 0 Å². The zero-order valence-corrected chi connectivity index (χ0v) is 12.5. The largest absolute Gasteiger partial charge is 0.660 e. The fourth-order valence-electron chi connectivity index (χ4n) is 2.30. The van der Waals surface area contributed by atoms with Crippen LogP contribution in [0.1, 0.15) is 12.5 Å². The van der Waals surface area contributed by atoms with E-state index in [9.17, 15) is 0 Å². The second-order valence-corrected chi connectivity index (χ2v) is 4.93. The fourth-order valence-corrected chi connectivity index (χ4v) is 2.30. The normalized spacial score (nSPS) is 10.6. The number of ether oxygens (including phenoxy) is 1. The molecule has 1 aromatic heterocycles. The molecule has 3 aromatic rings. The number of hydrogen-bond acceptors (Lipinski definition) is 3. The van der Waals surface area contributed by atoms with Crippen molar-refractivity contribution in [2.24, 2.45) is 0 Å². The molecule has 0 unspecified atom stereocenters. The number of benzene rings is 2. The third-order valence-corrected chi connectivity index (χ3v) is 3.36. The van der Waals surface area contributed by atoms with Crippen LogP contribution in [0, 0.1) is 6.92 Å². The van der Waals surface area contributed by atoms with Gasteiger partial charge in [-0.3, -0.25) is 0 Å². The van der Waals surface area contributed by atoms with Gasteiger partial charge in [0.15, 0.2) is 5.75 Å². The Bertz CT molecular complexity index is 779. The van der Waals surface area contributed by atoms with Gasteiger partial charge in [-0.25, -0.2) is 0 Å². The molecule has 1 heterocycles. The van der Waals surface area contributed by atoms with Crippen molar-refractivity contribution in [2.75, 3.05) is 6.61 Å². The maximum Gasteiger partial charge on any atom is 0.283 e. The van der Waals surface area contributed by atoms with E-state index in [-0.39, 0.29) is 5.88 Å². The lowest BCUT2D eigenvalue weighted by molar-refractivity contribution is -0.660. The molecule has 0 aliphatic heterocycles. The summed E-state index contributed by atoms with van der Waals surface area (Å²) in [6.45, 7) is 4.52. The fraction of sp³-hybridized carbons (Fsp3) is 0.176. The van der Waals surface area contributed by atoms with Crippen molar-refractivity contribution in [1.82, 2.24) is 5.27 Å². The highest BCUT2D eigenvalue weighted by molar-refractivity contribution is 5.67. The quantitative estimate of drug-likeness (QED) is 0.683. The summed E-state index contributed by atoms with van der Waals surface area (Å²) in [6, 6.07) is 15.5. The molecule has 112 valence electrons. The van der Waals surface area contributed by atoms with Crippen LogP contribution in [-0.2, 0) is 0 Å². The van der Waals surface area contributed by atoms with Gasteiger partial charge in [0.05, 0.1) is 12.2 Å². The second kappa shape index (κ2) is 5.89. The highest BCUT2D eigenvalue weighted by Gasteiger charge is 2.26. The van der Waals surface area contributed by atoms with E-state index in [2.05, 4.69) is 5.27 Å². The van der Waals surface area contributed by atoms with Crippen molar-refractivity contribution < 1.29 is 13.9 Å². The molecule has 5 heteroatoms. The average Bonchev–Trinajstić information content (AvgIpc) is 2.91. The second-order valence-electron chi connectivity index (χ2n) is 4.93. The number of nitrogens with zero attached hydrogens (tertiary/aromatic N) is 2. The molecule has 0 bridgehead atoms. The highest BCUT2D eigenvalue weighted by Crippen LogP contribution is 2.29. The first kappa shape index (κ1) is 14.1. The van der Waals surface area contributed by atoms with Crippen LogP contribution in [0.25, 0.3) is 22.7 Å². The lowest BCUT2D eigenvalue weighted by Crippen LogP contribution is -2.35. The van der Waals surface area contributed by atoms with E-state index in [1.54, 1.807) is 4.68 Å². The minimum atomic E-state index is 0.0233. The van der Waals surface area contributed by atoms with Gasteiger partial charge in [0.2, 0.25) is 5.27 Å². The maximum absolute atomic E-state index is 8.01. The molecule has 0 aliphatic rings. The van der Waals surface area contributed by atoms with Crippen LogP contribution in [0.4, 0.5) is 5.88 Å². The van der Waals surface area contributed by atoms with Crippen LogP contribution < -0.4 is 9.42 Å². The van der Waals surface area contributed by atoms with Gasteiger partial charge >= 0.3 is 0 Å². The molecule has 0 fully saturated rings. The Morgan fingerprint density at radius 3 is 2.59 bits per heavy atom. The standard InChI is InChI=1S/C17H17N3O2/c1-3-21-15-7-5-4-6-14(15)20-16(17(18)22-19-20)13-10-8-12(2)9-11-13/h4-11,18H,3H2,1-2H3. The molecule has 5 nitrogen and oxygen atoms in total. The summed E-state index contributed by atoms with van der Waals surface area (Å²) < 4.78 is 12.3. The molecule has 3 rings (SSSR count). The Labute approximate surface area is 128 Å². The number of hydrogen-bond donors (Lipinski definition) is 0. The summed E-state index contributed by atoms with van der Waals surface area (Å²) in [5.74, 6) is 0.729. The molecule has 0 spiro atoms. The van der Waals surface area contributed by atoms with Crippen LogP contribution in [0.15, 0.2) is 53.1 Å². The highest BCUT2D eigenvalue weighted by atomic mass is 16.5. The molecular formula is C17H17N3O2. The molecule has 0 atom stereocenters. The van der Waals surface area contributed by atoms with E-state index < -0.39 is 0 Å². The zero-order chi connectivity index (χ0) is 15.5. The predicted octanol–water partition coefficient (Wildman–Crippen LogP) is 4.01. The van der Waals surface area contributed by atoms with E-state index in [0.29, 0.717) is 18.1 Å². The Hall–Kier alpha value is -2.82. The van der Waals surface area contributed by atoms with E-state index in [4.69, 9.17) is 15.0 Å². The first-order chi connectivity index (χ1) is 10.7. The van der Waals surface area contributed by atoms with Crippen molar-refractivity contribution in [2.45, 2.75) is 13.8 Å². The summed E-state index contributed by atoms with van der Waals surface area (Å²) in [5.41, 5.74) is 11.4. The van der Waals surface area contributed by atoms with Crippen LogP contribution in [-0.4, -0.2) is 11.9 Å². The van der Waals surface area contributed by atoms with Crippen LogP contribution >= 0.6 is 0 Å². The first-order valence-electron chi connectivity index (χ1n) is 7.13. The van der Waals surface area contributed by atoms with E-state index in [0.717, 1.165) is 16.8 Å². The molecule has 1 N–H and O–H groups in total. The third-order valence-electron chi connectivity index (χ3n) is 3.36. The summed E-state index contributed by atoms with van der Waals surface area (Å²) in [5, 5.41) is 4.00. The SMILES string of the molecule is CCOc1ccccc1-[n+]1noc([NH-])c1-c1ccc(C)cc1. The smallest absolute Gasteiger partial charge is 0.283 e. The van der Waals surface area contributed by atoms with Gasteiger partial charge in [-0.15, -0.1) is 0 Å². The van der Waals surface area contributed by atoms with E-state index in [1.165, 1.54) is 0 Å². The number of aromatic nitrogens is 2. The summed E-state index contributed by atoms with van der Waals surface area (Å²) in [4.78, 5) is 0. The van der Waals surface area contributed by atoms with Crippen LogP contribution in [0.5, 0.6) is 5.75 Å². The summed E-state index contributed by atoms with van der Waals surface area (Å²) >= 11 is 0. The Morgan fingerprint density at radius 2 is 1.86 bits per heavy atom. The van der Waals surface area contributed by atoms with E-state index >= 15 is 0 Å². The Balaban J connectivity index is 2.16. The molecule has 0 aliphatic carbocycles. The lowest BCUT2D eigenvalue weighted by Gasteiger charge is -2.04. The molecule has 0 amide bonds. The number of para-hydroxylation sites is 2.